The summed E-state index contributed by atoms with van der Waals surface area (Å²) < 4.78 is 0.997. The molecule has 1 aliphatic rings. The predicted molar refractivity (Wildman–Crippen MR) is 44.5 cm³/mol. The molecule has 0 aromatic carbocycles. The normalized spacial score (nSPS) is 27.3. The number of quaternary nitrogens is 1. The van der Waals surface area contributed by atoms with E-state index in [0.717, 1.165) is 4.48 Å². The van der Waals surface area contributed by atoms with Crippen LogP contribution in [-0.2, 0) is 0 Å². The molecule has 1 rings (SSSR count). The number of nitrogens with zero attached hydrogens (tertiary/aromatic N) is 1. The molecular weight excluding hydrogens is 202 g/mol. The van der Waals surface area contributed by atoms with Gasteiger partial charge in [0.25, 0.3) is 0 Å². The highest BCUT2D eigenvalue weighted by molar-refractivity contribution is 5.12. The average molecular weight is 218 g/mol. The molecule has 1 nitrogen and oxygen atoms in total. The number of halogens is 1. The monoisotopic (exact) mass is 217 g/mol. The summed E-state index contributed by atoms with van der Waals surface area (Å²) in [4.78, 5) is 0. The minimum absolute atomic E-state index is 0. The number of allylic oxidation sites excluding steroid dienone is 3. The first-order valence-corrected chi connectivity index (χ1v) is 3.74. The van der Waals surface area contributed by atoms with Gasteiger partial charge in [0.1, 0.15) is 11.7 Å². The Labute approximate surface area is 79.8 Å². The van der Waals surface area contributed by atoms with Crippen molar-refractivity contribution < 1.29 is 21.5 Å². The van der Waals surface area contributed by atoms with E-state index < -0.39 is 0 Å². The van der Waals surface area contributed by atoms with E-state index in [2.05, 4.69) is 46.2 Å². The van der Waals surface area contributed by atoms with Gasteiger partial charge < -0.3 is 17.0 Å². The molecule has 64 valence electrons. The Morgan fingerprint density at radius 2 is 1.91 bits per heavy atom. The lowest BCUT2D eigenvalue weighted by Gasteiger charge is -2.36. The molecule has 0 bridgehead atoms. The van der Waals surface area contributed by atoms with E-state index in [-0.39, 0.29) is 17.0 Å². The van der Waals surface area contributed by atoms with Crippen LogP contribution in [0.5, 0.6) is 0 Å². The van der Waals surface area contributed by atoms with Crippen molar-refractivity contribution in [1.82, 2.24) is 0 Å². The van der Waals surface area contributed by atoms with Gasteiger partial charge >= 0.3 is 0 Å². The van der Waals surface area contributed by atoms with Crippen molar-refractivity contribution >= 4 is 0 Å². The smallest absolute Gasteiger partial charge is 0.109 e. The van der Waals surface area contributed by atoms with Crippen molar-refractivity contribution in [2.75, 3.05) is 14.1 Å². The van der Waals surface area contributed by atoms with Crippen LogP contribution in [-0.4, -0.2) is 24.6 Å². The summed E-state index contributed by atoms with van der Waals surface area (Å²) in [6.45, 7) is 4.42. The highest BCUT2D eigenvalue weighted by Gasteiger charge is 2.25. The van der Waals surface area contributed by atoms with Gasteiger partial charge in [-0.15, -0.1) is 0 Å². The molecule has 1 aliphatic heterocycles. The quantitative estimate of drug-likeness (QED) is 0.454. The third-order valence-electron chi connectivity index (χ3n) is 2.65. The van der Waals surface area contributed by atoms with Crippen LogP contribution in [0.15, 0.2) is 23.9 Å². The van der Waals surface area contributed by atoms with Crippen LogP contribution < -0.4 is 17.0 Å². The Hall–Kier alpha value is -0.0800. The van der Waals surface area contributed by atoms with Crippen LogP contribution in [0.2, 0.25) is 0 Å². The van der Waals surface area contributed by atoms with E-state index in [1.165, 1.54) is 5.70 Å². The van der Waals surface area contributed by atoms with Crippen LogP contribution >= 0.6 is 0 Å². The van der Waals surface area contributed by atoms with Crippen LogP contribution in [0.1, 0.15) is 13.8 Å². The van der Waals surface area contributed by atoms with Crippen LogP contribution in [0.4, 0.5) is 0 Å². The van der Waals surface area contributed by atoms with Crippen LogP contribution in [0, 0.1) is 0 Å². The molecule has 11 heavy (non-hydrogen) atoms. The van der Waals surface area contributed by atoms with Crippen molar-refractivity contribution in [2.24, 2.45) is 0 Å². The number of hydrogen-bond donors (Lipinski definition) is 0. The van der Waals surface area contributed by atoms with E-state index in [9.17, 15) is 0 Å². The summed E-state index contributed by atoms with van der Waals surface area (Å²) in [7, 11) is 4.47. The second-order valence-electron chi connectivity index (χ2n) is 3.47. The highest BCUT2D eigenvalue weighted by Crippen LogP contribution is 2.20. The highest BCUT2D eigenvalue weighted by atomic mass is 79.9. The molecular formula is C9H16BrN. The van der Waals surface area contributed by atoms with Gasteiger partial charge in [-0.25, -0.2) is 0 Å². The fourth-order valence-electron chi connectivity index (χ4n) is 1.08. The predicted octanol–water partition coefficient (Wildman–Crippen LogP) is -1.07. The van der Waals surface area contributed by atoms with Crippen molar-refractivity contribution in [3.05, 3.63) is 23.9 Å². The minimum Gasteiger partial charge on any atom is -1.00 e. The fourth-order valence-corrected chi connectivity index (χ4v) is 1.08. The lowest BCUT2D eigenvalue weighted by Crippen LogP contribution is -3.00. The third-order valence-corrected chi connectivity index (χ3v) is 2.65. The zero-order valence-corrected chi connectivity index (χ0v) is 9.22. The van der Waals surface area contributed by atoms with Crippen LogP contribution in [0.3, 0.4) is 0 Å². The first kappa shape index (κ1) is 10.9. The minimum atomic E-state index is 0. The first-order valence-electron chi connectivity index (χ1n) is 3.74. The zero-order valence-electron chi connectivity index (χ0n) is 7.63. The SMILES string of the molecule is CC1=CC=CC(C)[N+]1(C)C.[Br-]. The Kier molecular flexibility index (Phi) is 3.52. The molecule has 0 radical (unpaired) electrons. The maximum atomic E-state index is 2.24. The molecule has 0 saturated carbocycles. The van der Waals surface area contributed by atoms with E-state index in [1.807, 2.05) is 0 Å². The van der Waals surface area contributed by atoms with E-state index in [1.54, 1.807) is 0 Å². The molecule has 0 aromatic rings. The molecule has 0 saturated heterocycles. The fraction of sp³-hybridized carbons (Fsp3) is 0.556. The van der Waals surface area contributed by atoms with E-state index >= 15 is 0 Å². The number of likely N-dealkylation sites (N-methyl/N-ethyl adjacent to an activating group) is 1. The van der Waals surface area contributed by atoms with Gasteiger partial charge in [-0.3, -0.25) is 4.48 Å². The second kappa shape index (κ2) is 3.55. The molecule has 1 unspecified atom stereocenters. The largest absolute Gasteiger partial charge is 1.00 e. The van der Waals surface area contributed by atoms with Crippen molar-refractivity contribution in [3.8, 4) is 0 Å². The van der Waals surface area contributed by atoms with E-state index in [4.69, 9.17) is 0 Å². The summed E-state index contributed by atoms with van der Waals surface area (Å²) in [5, 5.41) is 0. The lowest BCUT2D eigenvalue weighted by atomic mass is 10.1. The van der Waals surface area contributed by atoms with Gasteiger partial charge in [-0.05, 0) is 19.1 Å². The molecule has 0 fully saturated rings. The Balaban J connectivity index is 0.000001000. The lowest BCUT2D eigenvalue weighted by molar-refractivity contribution is -0.870. The Morgan fingerprint density at radius 1 is 1.36 bits per heavy atom. The summed E-state index contributed by atoms with van der Waals surface area (Å²) in [5.41, 5.74) is 1.43. The molecule has 0 N–H and O–H groups in total. The molecule has 0 spiro atoms. The standard InChI is InChI=1S/C9H16N.BrH/c1-8-6-5-7-9(2)10(8,3)4;/h5-8H,1-4H3;1H/q+1;/p-1. The van der Waals surface area contributed by atoms with Gasteiger partial charge in [0.05, 0.1) is 14.1 Å². The third kappa shape index (κ3) is 1.94. The average Bonchev–Trinajstić information content (AvgIpc) is 1.84. The number of rotatable bonds is 0. The van der Waals surface area contributed by atoms with Crippen molar-refractivity contribution in [3.63, 3.8) is 0 Å². The molecule has 2 heteroatoms. The van der Waals surface area contributed by atoms with Crippen LogP contribution in [0.25, 0.3) is 0 Å². The molecule has 0 amide bonds. The summed E-state index contributed by atoms with van der Waals surface area (Å²) >= 11 is 0. The molecule has 0 aliphatic carbocycles. The molecule has 1 heterocycles. The van der Waals surface area contributed by atoms with Crippen molar-refractivity contribution in [2.45, 2.75) is 19.9 Å². The number of hydrogen-bond acceptors (Lipinski definition) is 0. The second-order valence-corrected chi connectivity index (χ2v) is 3.47. The first-order chi connectivity index (χ1) is 4.55. The van der Waals surface area contributed by atoms with Gasteiger partial charge in [-0.2, -0.15) is 0 Å². The summed E-state index contributed by atoms with van der Waals surface area (Å²) in [6, 6.07) is 0.616. The van der Waals surface area contributed by atoms with Crippen molar-refractivity contribution in [1.29, 1.82) is 0 Å². The van der Waals surface area contributed by atoms with Gasteiger partial charge in [-0.1, -0.05) is 6.08 Å². The van der Waals surface area contributed by atoms with Gasteiger partial charge in [0, 0.05) is 6.92 Å². The summed E-state index contributed by atoms with van der Waals surface area (Å²) in [5.74, 6) is 0. The maximum absolute atomic E-state index is 2.24. The van der Waals surface area contributed by atoms with Gasteiger partial charge in [0.2, 0.25) is 0 Å². The molecule has 0 aromatic heterocycles. The molecule has 1 atom stereocenters. The zero-order chi connectivity index (χ0) is 7.78. The topological polar surface area (TPSA) is 0 Å². The Bertz CT molecular complexity index is 192. The maximum Gasteiger partial charge on any atom is 0.109 e. The van der Waals surface area contributed by atoms with E-state index in [0.29, 0.717) is 6.04 Å². The Morgan fingerprint density at radius 3 is 2.27 bits per heavy atom. The summed E-state index contributed by atoms with van der Waals surface area (Å²) in [6.07, 6.45) is 6.57. The van der Waals surface area contributed by atoms with Gasteiger partial charge in [0.15, 0.2) is 0 Å².